The lowest BCUT2D eigenvalue weighted by Gasteiger charge is -2.11. The van der Waals surface area contributed by atoms with Crippen molar-refractivity contribution in [3.63, 3.8) is 0 Å². The molecule has 0 saturated carbocycles. The van der Waals surface area contributed by atoms with Crippen molar-refractivity contribution in [2.24, 2.45) is 4.99 Å². The summed E-state index contributed by atoms with van der Waals surface area (Å²) in [5, 5.41) is 10.9. The molecule has 0 aromatic heterocycles. The smallest absolute Gasteiger partial charge is 0.363 e. The molecule has 1 aliphatic rings. The second-order valence-corrected chi connectivity index (χ2v) is 9.10. The van der Waals surface area contributed by atoms with Crippen LogP contribution >= 0.6 is 43.5 Å². The molecule has 4 rings (SSSR count). The van der Waals surface area contributed by atoms with Gasteiger partial charge in [0.2, 0.25) is 5.90 Å². The van der Waals surface area contributed by atoms with Crippen LogP contribution in [0, 0.1) is 15.9 Å². The Morgan fingerprint density at radius 3 is 2.41 bits per heavy atom. The fraction of sp³-hybridized carbons (Fsp3) is 0.0435. The van der Waals surface area contributed by atoms with E-state index < -0.39 is 10.9 Å². The van der Waals surface area contributed by atoms with Crippen LogP contribution in [0.15, 0.2) is 74.2 Å². The van der Waals surface area contributed by atoms with Crippen LogP contribution < -0.4 is 4.74 Å². The Bertz CT molecular complexity index is 1350. The Hall–Kier alpha value is -3.08. The molecular weight excluding hydrogens is 599 g/mol. The van der Waals surface area contributed by atoms with E-state index in [1.165, 1.54) is 30.3 Å². The van der Waals surface area contributed by atoms with Crippen molar-refractivity contribution >= 4 is 67.1 Å². The first-order valence-corrected chi connectivity index (χ1v) is 11.5. The first-order chi connectivity index (χ1) is 16.2. The van der Waals surface area contributed by atoms with Crippen molar-refractivity contribution in [3.05, 3.63) is 107 Å². The number of ether oxygens (including phenoxy) is 2. The first kappa shape index (κ1) is 24.1. The lowest BCUT2D eigenvalue weighted by atomic mass is 10.2. The highest BCUT2D eigenvalue weighted by molar-refractivity contribution is 9.11. The van der Waals surface area contributed by atoms with Crippen molar-refractivity contribution in [2.75, 3.05) is 0 Å². The number of nitrogens with zero attached hydrogens (tertiary/aromatic N) is 2. The van der Waals surface area contributed by atoms with Crippen LogP contribution in [0.25, 0.3) is 6.08 Å². The molecule has 0 fully saturated rings. The highest BCUT2D eigenvalue weighted by Gasteiger charge is 2.26. The highest BCUT2D eigenvalue weighted by Crippen LogP contribution is 2.36. The third-order valence-electron chi connectivity index (χ3n) is 4.63. The van der Waals surface area contributed by atoms with E-state index >= 15 is 0 Å². The van der Waals surface area contributed by atoms with Crippen molar-refractivity contribution in [1.29, 1.82) is 0 Å². The number of esters is 1. The van der Waals surface area contributed by atoms with Gasteiger partial charge in [-0.2, -0.15) is 0 Å². The van der Waals surface area contributed by atoms with Gasteiger partial charge < -0.3 is 9.47 Å². The molecule has 7 nitrogen and oxygen atoms in total. The summed E-state index contributed by atoms with van der Waals surface area (Å²) in [5.41, 5.74) is 1.52. The molecule has 172 valence electrons. The Morgan fingerprint density at radius 1 is 1.12 bits per heavy atom. The van der Waals surface area contributed by atoms with Crippen LogP contribution in [0.3, 0.4) is 0 Å². The standard InChI is InChI=1S/C23H12Br2ClFN2O5/c24-17-7-13(8-18(25)21(17)33-11-12-1-3-14(27)4-2-12)9-20-23(30)34-22(28-20)16-6-5-15(29(31)32)10-19(16)26/h1-10H,11H2/b20-9-. The number of rotatable bonds is 6. The Morgan fingerprint density at radius 2 is 1.79 bits per heavy atom. The van der Waals surface area contributed by atoms with Gasteiger partial charge in [0, 0.05) is 12.1 Å². The molecule has 3 aromatic carbocycles. The second-order valence-electron chi connectivity index (χ2n) is 6.99. The topological polar surface area (TPSA) is 91.0 Å². The van der Waals surface area contributed by atoms with Gasteiger partial charge in [0.05, 0.1) is 24.5 Å². The molecule has 0 N–H and O–H groups in total. The summed E-state index contributed by atoms with van der Waals surface area (Å²) in [6, 6.07) is 13.2. The summed E-state index contributed by atoms with van der Waals surface area (Å²) in [7, 11) is 0. The summed E-state index contributed by atoms with van der Waals surface area (Å²) in [5.74, 6) is -0.528. The van der Waals surface area contributed by atoms with Crippen LogP contribution in [0.4, 0.5) is 10.1 Å². The van der Waals surface area contributed by atoms with Gasteiger partial charge in [-0.05, 0) is 79.4 Å². The monoisotopic (exact) mass is 608 g/mol. The number of carbonyl (C=O) groups excluding carboxylic acids is 1. The molecule has 0 saturated heterocycles. The molecule has 3 aromatic rings. The average Bonchev–Trinajstić information content (AvgIpc) is 3.14. The zero-order chi connectivity index (χ0) is 24.4. The maximum Gasteiger partial charge on any atom is 0.363 e. The van der Waals surface area contributed by atoms with Gasteiger partial charge in [0.25, 0.3) is 5.69 Å². The Balaban J connectivity index is 1.56. The molecule has 11 heteroatoms. The number of halogens is 4. The quantitative estimate of drug-likeness (QED) is 0.132. The number of hydrogen-bond acceptors (Lipinski definition) is 6. The summed E-state index contributed by atoms with van der Waals surface area (Å²) < 4.78 is 25.3. The zero-order valence-corrected chi connectivity index (χ0v) is 20.9. The van der Waals surface area contributed by atoms with Crippen LogP contribution in [0.5, 0.6) is 5.75 Å². The molecule has 0 radical (unpaired) electrons. The molecule has 0 aliphatic carbocycles. The second kappa shape index (κ2) is 10.0. The van der Waals surface area contributed by atoms with E-state index in [0.717, 1.165) is 11.6 Å². The average molecular weight is 611 g/mol. The fourth-order valence-corrected chi connectivity index (χ4v) is 4.72. The van der Waals surface area contributed by atoms with E-state index in [2.05, 4.69) is 36.9 Å². The lowest BCUT2D eigenvalue weighted by Crippen LogP contribution is -2.06. The van der Waals surface area contributed by atoms with Gasteiger partial charge in [-0.15, -0.1) is 0 Å². The van der Waals surface area contributed by atoms with Gasteiger partial charge in [-0.3, -0.25) is 10.1 Å². The number of cyclic esters (lactones) is 1. The van der Waals surface area contributed by atoms with Gasteiger partial charge in [-0.1, -0.05) is 23.7 Å². The van der Waals surface area contributed by atoms with Gasteiger partial charge in [0.15, 0.2) is 5.70 Å². The number of nitro groups is 1. The van der Waals surface area contributed by atoms with Gasteiger partial charge in [0.1, 0.15) is 18.2 Å². The van der Waals surface area contributed by atoms with Crippen LogP contribution in [-0.4, -0.2) is 16.8 Å². The third kappa shape index (κ3) is 5.35. The van der Waals surface area contributed by atoms with E-state index in [9.17, 15) is 19.3 Å². The van der Waals surface area contributed by atoms with E-state index in [-0.39, 0.29) is 40.3 Å². The molecule has 0 amide bonds. The molecule has 1 heterocycles. The molecule has 0 unspecified atom stereocenters. The number of benzene rings is 3. The number of non-ortho nitro benzene ring substituents is 1. The molecular formula is C23H12Br2ClFN2O5. The Kier molecular flexibility index (Phi) is 7.11. The highest BCUT2D eigenvalue weighted by atomic mass is 79.9. The number of hydrogen-bond donors (Lipinski definition) is 0. The largest absolute Gasteiger partial charge is 0.487 e. The summed E-state index contributed by atoms with van der Waals surface area (Å²) in [4.78, 5) is 26.8. The molecule has 1 aliphatic heterocycles. The predicted octanol–water partition coefficient (Wildman–Crippen LogP) is 6.84. The number of carbonyl (C=O) groups is 1. The minimum Gasteiger partial charge on any atom is -0.487 e. The lowest BCUT2D eigenvalue weighted by molar-refractivity contribution is -0.384. The molecule has 0 atom stereocenters. The van der Waals surface area contributed by atoms with Gasteiger partial charge >= 0.3 is 5.97 Å². The van der Waals surface area contributed by atoms with Crippen LogP contribution in [0.2, 0.25) is 5.02 Å². The SMILES string of the molecule is O=C1OC(c2ccc([N+](=O)[O-])cc2Cl)=N/C1=C\c1cc(Br)c(OCc2ccc(F)cc2)c(Br)c1. The summed E-state index contributed by atoms with van der Waals surface area (Å²) >= 11 is 13.0. The van der Waals surface area contributed by atoms with Crippen LogP contribution in [-0.2, 0) is 16.1 Å². The van der Waals surface area contributed by atoms with Crippen molar-refractivity contribution in [2.45, 2.75) is 6.61 Å². The number of nitro benzene ring substituents is 1. The number of aliphatic imine (C=N–C) groups is 1. The first-order valence-electron chi connectivity index (χ1n) is 9.54. The summed E-state index contributed by atoms with van der Waals surface area (Å²) in [6.45, 7) is 0.230. The minimum atomic E-state index is -0.687. The Labute approximate surface area is 214 Å². The van der Waals surface area contributed by atoms with Crippen molar-refractivity contribution in [1.82, 2.24) is 0 Å². The third-order valence-corrected chi connectivity index (χ3v) is 6.13. The van der Waals surface area contributed by atoms with E-state index in [4.69, 9.17) is 21.1 Å². The molecule has 0 bridgehead atoms. The van der Waals surface area contributed by atoms with E-state index in [1.807, 2.05) is 0 Å². The van der Waals surface area contributed by atoms with Gasteiger partial charge in [-0.25, -0.2) is 14.2 Å². The van der Waals surface area contributed by atoms with Crippen LogP contribution in [0.1, 0.15) is 16.7 Å². The zero-order valence-electron chi connectivity index (χ0n) is 16.9. The minimum absolute atomic E-state index is 0.0307. The maximum absolute atomic E-state index is 13.1. The fourth-order valence-electron chi connectivity index (χ4n) is 3.01. The molecule has 0 spiro atoms. The van der Waals surface area contributed by atoms with Crippen molar-refractivity contribution < 1.29 is 23.6 Å². The van der Waals surface area contributed by atoms with Crippen molar-refractivity contribution in [3.8, 4) is 5.75 Å². The predicted molar refractivity (Wildman–Crippen MR) is 131 cm³/mol. The summed E-state index contributed by atoms with van der Waals surface area (Å²) in [6.07, 6.45) is 1.52. The maximum atomic E-state index is 13.1. The van der Waals surface area contributed by atoms with E-state index in [1.54, 1.807) is 24.3 Å². The normalized spacial score (nSPS) is 14.2. The molecule has 34 heavy (non-hydrogen) atoms. The van der Waals surface area contributed by atoms with E-state index in [0.29, 0.717) is 20.3 Å².